The number of piperidine rings is 1. The Balaban J connectivity index is 0.000000438. The highest BCUT2D eigenvalue weighted by Crippen LogP contribution is 2.22. The molecular weight excluding hydrogens is 370 g/mol. The number of nitrogens with one attached hydrogen (secondary N) is 1. The van der Waals surface area contributed by atoms with Crippen LogP contribution in [-0.2, 0) is 9.59 Å². The van der Waals surface area contributed by atoms with Crippen molar-refractivity contribution in [2.45, 2.75) is 25.7 Å². The molecule has 2 aromatic carbocycles. The number of carbonyl (C=O) groups is 2. The van der Waals surface area contributed by atoms with E-state index in [1.807, 2.05) is 0 Å². The van der Waals surface area contributed by atoms with Crippen molar-refractivity contribution in [3.05, 3.63) is 60.7 Å². The molecular formula is C22H29N3O4. The van der Waals surface area contributed by atoms with Crippen molar-refractivity contribution in [3.63, 3.8) is 0 Å². The first kappa shape index (κ1) is 22.4. The number of carboxylic acids is 2. The van der Waals surface area contributed by atoms with Crippen molar-refractivity contribution >= 4 is 23.3 Å². The van der Waals surface area contributed by atoms with E-state index in [1.165, 1.54) is 56.7 Å². The number of hydrogen-bond donors (Lipinski definition) is 3. The van der Waals surface area contributed by atoms with Crippen LogP contribution in [0.15, 0.2) is 60.7 Å². The number of hydrogen-bond acceptors (Lipinski definition) is 5. The van der Waals surface area contributed by atoms with Crippen LogP contribution in [0.4, 0.5) is 11.4 Å². The minimum absolute atomic E-state index is 0.986. The highest BCUT2D eigenvalue weighted by Gasteiger charge is 2.11. The zero-order valence-corrected chi connectivity index (χ0v) is 16.5. The molecule has 0 unspecified atom stereocenters. The molecule has 3 rings (SSSR count). The van der Waals surface area contributed by atoms with Gasteiger partial charge in [0, 0.05) is 6.54 Å². The van der Waals surface area contributed by atoms with Gasteiger partial charge in [-0.3, -0.25) is 5.01 Å². The van der Waals surface area contributed by atoms with Gasteiger partial charge in [-0.05, 0) is 63.2 Å². The Morgan fingerprint density at radius 3 is 1.76 bits per heavy atom. The van der Waals surface area contributed by atoms with Gasteiger partial charge in [0.2, 0.25) is 0 Å². The summed E-state index contributed by atoms with van der Waals surface area (Å²) in [6, 6.07) is 21.0. The van der Waals surface area contributed by atoms with E-state index in [1.54, 1.807) is 0 Å². The number of para-hydroxylation sites is 2. The average molecular weight is 399 g/mol. The lowest BCUT2D eigenvalue weighted by Gasteiger charge is -2.28. The summed E-state index contributed by atoms with van der Waals surface area (Å²) in [4.78, 5) is 20.8. The van der Waals surface area contributed by atoms with Crippen LogP contribution in [0.3, 0.4) is 0 Å². The molecule has 29 heavy (non-hydrogen) atoms. The lowest BCUT2D eigenvalue weighted by molar-refractivity contribution is -0.159. The first-order valence-corrected chi connectivity index (χ1v) is 9.90. The predicted molar refractivity (Wildman–Crippen MR) is 113 cm³/mol. The molecule has 1 aliphatic rings. The van der Waals surface area contributed by atoms with Gasteiger partial charge >= 0.3 is 11.9 Å². The monoisotopic (exact) mass is 399 g/mol. The topological polar surface area (TPSA) is 93.1 Å². The molecule has 3 N–H and O–H groups in total. The number of benzene rings is 2. The smallest absolute Gasteiger partial charge is 0.414 e. The summed E-state index contributed by atoms with van der Waals surface area (Å²) < 4.78 is 0. The maximum Gasteiger partial charge on any atom is 0.414 e. The summed E-state index contributed by atoms with van der Waals surface area (Å²) >= 11 is 0. The Bertz CT molecular complexity index is 683. The highest BCUT2D eigenvalue weighted by atomic mass is 16.4. The van der Waals surface area contributed by atoms with Crippen molar-refractivity contribution in [3.8, 4) is 0 Å². The normalized spacial score (nSPS) is 13.8. The first-order valence-electron chi connectivity index (χ1n) is 9.90. The van der Waals surface area contributed by atoms with E-state index in [4.69, 9.17) is 19.8 Å². The van der Waals surface area contributed by atoms with Gasteiger partial charge < -0.3 is 15.1 Å². The summed E-state index contributed by atoms with van der Waals surface area (Å²) in [6.07, 6.45) is 5.32. The highest BCUT2D eigenvalue weighted by molar-refractivity contribution is 6.27. The van der Waals surface area contributed by atoms with Crippen LogP contribution >= 0.6 is 0 Å². The summed E-state index contributed by atoms with van der Waals surface area (Å²) in [5.74, 6) is -3.65. The number of rotatable bonds is 7. The van der Waals surface area contributed by atoms with E-state index in [0.29, 0.717) is 0 Å². The molecule has 0 aliphatic carbocycles. The van der Waals surface area contributed by atoms with E-state index in [0.717, 1.165) is 6.54 Å². The van der Waals surface area contributed by atoms with Gasteiger partial charge in [0.25, 0.3) is 0 Å². The molecule has 156 valence electrons. The zero-order valence-electron chi connectivity index (χ0n) is 16.5. The van der Waals surface area contributed by atoms with E-state index >= 15 is 0 Å². The molecule has 1 aliphatic heterocycles. The van der Waals surface area contributed by atoms with Crippen molar-refractivity contribution < 1.29 is 19.8 Å². The lowest BCUT2D eigenvalue weighted by Crippen LogP contribution is -2.37. The van der Waals surface area contributed by atoms with Gasteiger partial charge in [0.1, 0.15) is 0 Å². The Morgan fingerprint density at radius 1 is 0.828 bits per heavy atom. The van der Waals surface area contributed by atoms with Crippen LogP contribution in [0.5, 0.6) is 0 Å². The molecule has 1 fully saturated rings. The van der Waals surface area contributed by atoms with E-state index < -0.39 is 11.9 Å². The predicted octanol–water partition coefficient (Wildman–Crippen LogP) is 3.36. The second-order valence-electron chi connectivity index (χ2n) is 6.78. The molecule has 1 heterocycles. The molecule has 0 aromatic heterocycles. The van der Waals surface area contributed by atoms with Crippen molar-refractivity contribution in [2.75, 3.05) is 31.2 Å². The van der Waals surface area contributed by atoms with Crippen LogP contribution in [0.25, 0.3) is 0 Å². The Hall–Kier alpha value is -2.90. The maximum absolute atomic E-state index is 9.10. The number of carboxylic acid groups (broad SMARTS) is 2. The molecule has 7 heteroatoms. The Kier molecular flexibility index (Phi) is 9.68. The Labute approximate surface area is 171 Å². The SMILES string of the molecule is O=C(O)C(=O)O.c1ccc(N(NCCCN2CCCCC2)c2ccccc2)cc1. The average Bonchev–Trinajstić information content (AvgIpc) is 2.76. The molecule has 1 saturated heterocycles. The number of nitrogens with zero attached hydrogens (tertiary/aromatic N) is 2. The van der Waals surface area contributed by atoms with E-state index in [-0.39, 0.29) is 0 Å². The summed E-state index contributed by atoms with van der Waals surface area (Å²) in [7, 11) is 0. The largest absolute Gasteiger partial charge is 0.473 e. The zero-order chi connectivity index (χ0) is 20.9. The number of hydrazine groups is 1. The fraction of sp³-hybridized carbons (Fsp3) is 0.364. The van der Waals surface area contributed by atoms with Gasteiger partial charge in [-0.1, -0.05) is 42.8 Å². The molecule has 2 aromatic rings. The third-order valence-electron chi connectivity index (χ3n) is 4.58. The van der Waals surface area contributed by atoms with Crippen molar-refractivity contribution in [1.82, 2.24) is 10.3 Å². The van der Waals surface area contributed by atoms with Crippen molar-refractivity contribution in [2.24, 2.45) is 0 Å². The van der Waals surface area contributed by atoms with Gasteiger partial charge in [-0.2, -0.15) is 0 Å². The molecule has 0 atom stereocenters. The molecule has 0 saturated carbocycles. The van der Waals surface area contributed by atoms with Crippen LogP contribution in [0.2, 0.25) is 0 Å². The molecule has 0 radical (unpaired) electrons. The third kappa shape index (κ3) is 8.33. The minimum atomic E-state index is -1.82. The standard InChI is InChI=1S/C20H27N3.C2H2O4/c1-4-11-19(12-5-1)23(20-13-6-2-7-14-20)21-15-10-18-22-16-8-3-9-17-22;3-1(4)2(5)6/h1-2,4-7,11-14,21H,3,8-10,15-18H2;(H,3,4)(H,5,6). The number of aliphatic carboxylic acids is 2. The molecule has 0 bridgehead atoms. The number of anilines is 2. The van der Waals surface area contributed by atoms with Gasteiger partial charge in [-0.15, -0.1) is 0 Å². The Morgan fingerprint density at radius 2 is 1.31 bits per heavy atom. The molecule has 7 nitrogen and oxygen atoms in total. The summed E-state index contributed by atoms with van der Waals surface area (Å²) in [5, 5.41) is 17.0. The van der Waals surface area contributed by atoms with Crippen LogP contribution in [0.1, 0.15) is 25.7 Å². The molecule has 0 spiro atoms. The van der Waals surface area contributed by atoms with Crippen LogP contribution < -0.4 is 10.4 Å². The van der Waals surface area contributed by atoms with E-state index in [9.17, 15) is 0 Å². The van der Waals surface area contributed by atoms with Crippen LogP contribution in [-0.4, -0.2) is 53.2 Å². The maximum atomic E-state index is 9.10. The summed E-state index contributed by atoms with van der Waals surface area (Å²) in [6.45, 7) is 4.74. The van der Waals surface area contributed by atoms with E-state index in [2.05, 4.69) is 76.0 Å². The fourth-order valence-electron chi connectivity index (χ4n) is 3.16. The minimum Gasteiger partial charge on any atom is -0.473 e. The number of likely N-dealkylation sites (tertiary alicyclic amines) is 1. The van der Waals surface area contributed by atoms with Crippen molar-refractivity contribution in [1.29, 1.82) is 0 Å². The van der Waals surface area contributed by atoms with Gasteiger partial charge in [0.15, 0.2) is 0 Å². The first-order chi connectivity index (χ1) is 14.1. The lowest BCUT2D eigenvalue weighted by atomic mass is 10.1. The fourth-order valence-corrected chi connectivity index (χ4v) is 3.16. The third-order valence-corrected chi connectivity index (χ3v) is 4.58. The molecule has 0 amide bonds. The second-order valence-corrected chi connectivity index (χ2v) is 6.78. The van der Waals surface area contributed by atoms with Gasteiger partial charge in [0.05, 0.1) is 11.4 Å². The quantitative estimate of drug-likeness (QED) is 0.373. The summed E-state index contributed by atoms with van der Waals surface area (Å²) in [5.41, 5.74) is 5.95. The second kappa shape index (κ2) is 12.5. The van der Waals surface area contributed by atoms with Gasteiger partial charge in [-0.25, -0.2) is 15.0 Å². The van der Waals surface area contributed by atoms with Crippen LogP contribution in [0, 0.1) is 0 Å².